The van der Waals surface area contributed by atoms with Gasteiger partial charge in [0, 0.05) is 18.2 Å². The zero-order valence-corrected chi connectivity index (χ0v) is 11.8. The molecule has 1 aromatic rings. The second kappa shape index (κ2) is 4.66. The van der Waals surface area contributed by atoms with Gasteiger partial charge in [-0.15, -0.1) is 0 Å². The highest BCUT2D eigenvalue weighted by Gasteiger charge is 2.28. The number of carbonyl (C=O) groups excluding carboxylic acids is 1. The molecule has 6 nitrogen and oxygen atoms in total. The fourth-order valence-electron chi connectivity index (χ4n) is 2.70. The van der Waals surface area contributed by atoms with E-state index in [0.717, 1.165) is 11.3 Å². The van der Waals surface area contributed by atoms with E-state index in [4.69, 9.17) is 5.73 Å². The molecule has 0 radical (unpaired) electrons. The largest absolute Gasteiger partial charge is 0.397 e. The van der Waals surface area contributed by atoms with Crippen LogP contribution in [0.25, 0.3) is 0 Å². The van der Waals surface area contributed by atoms with E-state index < -0.39 is 9.84 Å². The van der Waals surface area contributed by atoms with Crippen LogP contribution in [0.3, 0.4) is 0 Å². The van der Waals surface area contributed by atoms with E-state index >= 15 is 0 Å². The van der Waals surface area contributed by atoms with Crippen LogP contribution in [0.1, 0.15) is 18.4 Å². The van der Waals surface area contributed by atoms with Gasteiger partial charge in [-0.25, -0.2) is 8.42 Å². The van der Waals surface area contributed by atoms with Gasteiger partial charge >= 0.3 is 0 Å². The molecular weight excluding hydrogens is 278 g/mol. The second-order valence-corrected chi connectivity index (χ2v) is 7.62. The topological polar surface area (TPSA) is 101 Å². The fourth-order valence-corrected chi connectivity index (χ4v) is 4.37. The van der Waals surface area contributed by atoms with Gasteiger partial charge in [-0.05, 0) is 30.5 Å². The highest BCUT2D eigenvalue weighted by Crippen LogP contribution is 2.32. The number of benzene rings is 1. The van der Waals surface area contributed by atoms with Gasteiger partial charge < -0.3 is 16.4 Å². The maximum Gasteiger partial charge on any atom is 0.224 e. The summed E-state index contributed by atoms with van der Waals surface area (Å²) < 4.78 is 22.9. The first kappa shape index (κ1) is 13.2. The normalized spacial score (nSPS) is 24.0. The highest BCUT2D eigenvalue weighted by molar-refractivity contribution is 7.91. The third-order valence-electron chi connectivity index (χ3n) is 3.76. The summed E-state index contributed by atoms with van der Waals surface area (Å²) in [5.41, 5.74) is 9.06. The Kier molecular flexibility index (Phi) is 3.08. The van der Waals surface area contributed by atoms with Crippen molar-refractivity contribution in [3.8, 4) is 0 Å². The Hall–Kier alpha value is -1.76. The Labute approximate surface area is 117 Å². The molecule has 0 spiro atoms. The molecule has 1 atom stereocenters. The number of hydrogen-bond acceptors (Lipinski definition) is 5. The molecule has 1 saturated heterocycles. The summed E-state index contributed by atoms with van der Waals surface area (Å²) in [6.45, 7) is 0. The van der Waals surface area contributed by atoms with Gasteiger partial charge in [-0.3, -0.25) is 4.79 Å². The van der Waals surface area contributed by atoms with Gasteiger partial charge in [0.25, 0.3) is 0 Å². The number of nitrogen functional groups attached to an aromatic ring is 1. The number of hydrogen-bond donors (Lipinski definition) is 3. The molecule has 2 aliphatic heterocycles. The van der Waals surface area contributed by atoms with Crippen molar-refractivity contribution < 1.29 is 13.2 Å². The average Bonchev–Trinajstić information content (AvgIpc) is 2.70. The molecule has 0 aliphatic carbocycles. The number of anilines is 3. The quantitative estimate of drug-likeness (QED) is 0.699. The van der Waals surface area contributed by atoms with Gasteiger partial charge in [-0.1, -0.05) is 0 Å². The van der Waals surface area contributed by atoms with Crippen LogP contribution in [0.15, 0.2) is 12.1 Å². The van der Waals surface area contributed by atoms with Crippen LogP contribution in [0.4, 0.5) is 17.1 Å². The zero-order chi connectivity index (χ0) is 14.3. The van der Waals surface area contributed by atoms with Crippen molar-refractivity contribution >= 4 is 32.8 Å². The average molecular weight is 295 g/mol. The van der Waals surface area contributed by atoms with Crippen molar-refractivity contribution in [2.24, 2.45) is 0 Å². The fraction of sp³-hybridized carbons (Fsp3) is 0.462. The van der Waals surface area contributed by atoms with Crippen molar-refractivity contribution in [3.05, 3.63) is 17.7 Å². The lowest BCUT2D eigenvalue weighted by Gasteiger charge is -2.21. The number of aryl methyl sites for hydroxylation is 1. The minimum Gasteiger partial charge on any atom is -0.397 e. The van der Waals surface area contributed by atoms with Crippen LogP contribution in [0, 0.1) is 0 Å². The van der Waals surface area contributed by atoms with E-state index in [2.05, 4.69) is 10.6 Å². The van der Waals surface area contributed by atoms with Crippen LogP contribution in [-0.4, -0.2) is 31.9 Å². The van der Waals surface area contributed by atoms with E-state index in [1.165, 1.54) is 0 Å². The Bertz CT molecular complexity index is 670. The number of sulfone groups is 1. The van der Waals surface area contributed by atoms with Gasteiger partial charge in [0.15, 0.2) is 9.84 Å². The first-order chi connectivity index (χ1) is 9.43. The predicted molar refractivity (Wildman–Crippen MR) is 78.5 cm³/mol. The van der Waals surface area contributed by atoms with Gasteiger partial charge in [0.1, 0.15) is 0 Å². The zero-order valence-electron chi connectivity index (χ0n) is 11.0. The summed E-state index contributed by atoms with van der Waals surface area (Å²) in [6, 6.07) is 3.53. The van der Waals surface area contributed by atoms with Crippen LogP contribution in [0.2, 0.25) is 0 Å². The molecule has 7 heteroatoms. The van der Waals surface area contributed by atoms with Crippen molar-refractivity contribution in [3.63, 3.8) is 0 Å². The summed E-state index contributed by atoms with van der Waals surface area (Å²) in [7, 11) is -2.93. The van der Waals surface area contributed by atoms with Crippen molar-refractivity contribution in [1.82, 2.24) is 0 Å². The molecule has 108 valence electrons. The Morgan fingerprint density at radius 3 is 2.80 bits per heavy atom. The minimum atomic E-state index is -2.93. The Morgan fingerprint density at radius 2 is 2.10 bits per heavy atom. The van der Waals surface area contributed by atoms with Crippen LogP contribution in [0.5, 0.6) is 0 Å². The lowest BCUT2D eigenvalue weighted by atomic mass is 10.0. The minimum absolute atomic E-state index is 0.00309. The summed E-state index contributed by atoms with van der Waals surface area (Å²) >= 11 is 0. The second-order valence-electron chi connectivity index (χ2n) is 5.39. The smallest absolute Gasteiger partial charge is 0.224 e. The van der Waals surface area contributed by atoms with Crippen molar-refractivity contribution in [1.29, 1.82) is 0 Å². The monoisotopic (exact) mass is 295 g/mol. The van der Waals surface area contributed by atoms with Gasteiger partial charge in [0.2, 0.25) is 5.91 Å². The van der Waals surface area contributed by atoms with Crippen LogP contribution >= 0.6 is 0 Å². The van der Waals surface area contributed by atoms with Crippen molar-refractivity contribution in [2.75, 3.05) is 27.9 Å². The number of amides is 1. The molecule has 0 saturated carbocycles. The molecule has 2 heterocycles. The molecule has 0 bridgehead atoms. The molecule has 2 aliphatic rings. The molecule has 1 amide bonds. The standard InChI is InChI=1S/C13H17N3O3S/c14-10-5-8-1-2-13(17)16-11(8)6-12(10)15-9-3-4-20(18,19)7-9/h5-6,9,15H,1-4,7,14H2,(H,16,17). The van der Waals surface area contributed by atoms with E-state index in [-0.39, 0.29) is 23.5 Å². The van der Waals surface area contributed by atoms with Crippen LogP contribution < -0.4 is 16.4 Å². The molecule has 0 aromatic heterocycles. The number of nitrogens with one attached hydrogen (secondary N) is 2. The molecule has 3 rings (SSSR count). The van der Waals surface area contributed by atoms with E-state index in [0.29, 0.717) is 30.6 Å². The lowest BCUT2D eigenvalue weighted by Crippen LogP contribution is -2.23. The van der Waals surface area contributed by atoms with Gasteiger partial charge in [0.05, 0.1) is 22.9 Å². The summed E-state index contributed by atoms with van der Waals surface area (Å²) in [6.07, 6.45) is 1.74. The third-order valence-corrected chi connectivity index (χ3v) is 5.53. The number of fused-ring (bicyclic) bond motifs is 1. The third kappa shape index (κ3) is 2.58. The molecule has 1 fully saturated rings. The summed E-state index contributed by atoms with van der Waals surface area (Å²) in [4.78, 5) is 11.4. The summed E-state index contributed by atoms with van der Waals surface area (Å²) in [5, 5.41) is 5.99. The van der Waals surface area contributed by atoms with Crippen LogP contribution in [-0.2, 0) is 21.1 Å². The number of carbonyl (C=O) groups is 1. The summed E-state index contributed by atoms with van der Waals surface area (Å²) in [5.74, 6) is 0.346. The van der Waals surface area contributed by atoms with E-state index in [1.54, 1.807) is 6.07 Å². The molecule has 1 unspecified atom stereocenters. The lowest BCUT2D eigenvalue weighted by molar-refractivity contribution is -0.116. The van der Waals surface area contributed by atoms with E-state index in [9.17, 15) is 13.2 Å². The first-order valence-electron chi connectivity index (χ1n) is 6.62. The highest BCUT2D eigenvalue weighted by atomic mass is 32.2. The number of rotatable bonds is 2. The Balaban J connectivity index is 1.83. The molecular formula is C13H17N3O3S. The maximum atomic E-state index is 11.5. The number of nitrogens with two attached hydrogens (primary N) is 1. The van der Waals surface area contributed by atoms with Crippen molar-refractivity contribution in [2.45, 2.75) is 25.3 Å². The maximum absolute atomic E-state index is 11.5. The molecule has 4 N–H and O–H groups in total. The first-order valence-corrected chi connectivity index (χ1v) is 8.44. The Morgan fingerprint density at radius 1 is 1.30 bits per heavy atom. The molecule has 1 aromatic carbocycles. The predicted octanol–water partition coefficient (Wildman–Crippen LogP) is 0.752. The van der Waals surface area contributed by atoms with Gasteiger partial charge in [-0.2, -0.15) is 0 Å². The SMILES string of the molecule is Nc1cc2c(cc1NC1CCS(=O)(=O)C1)NC(=O)CC2. The molecule has 20 heavy (non-hydrogen) atoms. The van der Waals surface area contributed by atoms with E-state index in [1.807, 2.05) is 6.07 Å².